The van der Waals surface area contributed by atoms with Gasteiger partial charge in [0.2, 0.25) is 0 Å². The van der Waals surface area contributed by atoms with Crippen LogP contribution in [0.1, 0.15) is 30.3 Å². The zero-order chi connectivity index (χ0) is 13.1. The molecule has 2 rings (SSSR count). The summed E-state index contributed by atoms with van der Waals surface area (Å²) in [5.74, 6) is 0. The molecule has 2 N–H and O–H groups in total. The van der Waals surface area contributed by atoms with E-state index in [0.29, 0.717) is 6.54 Å². The molecule has 96 valence electrons. The first-order valence-corrected chi connectivity index (χ1v) is 6.50. The first kappa shape index (κ1) is 12.8. The third-order valence-electron chi connectivity index (χ3n) is 3.27. The summed E-state index contributed by atoms with van der Waals surface area (Å²) in [7, 11) is 0. The van der Waals surface area contributed by atoms with Gasteiger partial charge in [0.15, 0.2) is 0 Å². The molecule has 0 atom stereocenters. The van der Waals surface area contributed by atoms with Crippen molar-refractivity contribution in [1.82, 2.24) is 9.78 Å². The molecular formula is C15H21N3. The molecule has 0 spiro atoms. The molecule has 0 radical (unpaired) electrons. The summed E-state index contributed by atoms with van der Waals surface area (Å²) in [4.78, 5) is 0. The lowest BCUT2D eigenvalue weighted by molar-refractivity contribution is 0.583. The van der Waals surface area contributed by atoms with Crippen molar-refractivity contribution < 1.29 is 0 Å². The highest BCUT2D eigenvalue weighted by atomic mass is 15.3. The van der Waals surface area contributed by atoms with Crippen molar-refractivity contribution in [1.29, 1.82) is 0 Å². The van der Waals surface area contributed by atoms with Crippen molar-refractivity contribution in [3.05, 3.63) is 41.2 Å². The smallest absolute Gasteiger partial charge is 0.0674 e. The van der Waals surface area contributed by atoms with Crippen LogP contribution in [-0.2, 0) is 13.1 Å². The van der Waals surface area contributed by atoms with Gasteiger partial charge in [0.25, 0.3) is 0 Å². The van der Waals surface area contributed by atoms with Crippen LogP contribution in [0.4, 0.5) is 0 Å². The normalized spacial score (nSPS) is 10.9. The summed E-state index contributed by atoms with van der Waals surface area (Å²) >= 11 is 0. The van der Waals surface area contributed by atoms with E-state index in [2.05, 4.69) is 54.8 Å². The molecule has 0 saturated heterocycles. The Labute approximate surface area is 109 Å². The van der Waals surface area contributed by atoms with Crippen LogP contribution in [0.25, 0.3) is 11.1 Å². The number of nitrogens with zero attached hydrogens (tertiary/aromatic N) is 2. The van der Waals surface area contributed by atoms with Crippen LogP contribution in [0, 0.1) is 13.8 Å². The minimum absolute atomic E-state index is 0.578. The van der Waals surface area contributed by atoms with Gasteiger partial charge < -0.3 is 5.73 Å². The minimum atomic E-state index is 0.578. The Hall–Kier alpha value is -1.61. The van der Waals surface area contributed by atoms with Gasteiger partial charge in [-0.2, -0.15) is 5.10 Å². The van der Waals surface area contributed by atoms with Gasteiger partial charge >= 0.3 is 0 Å². The van der Waals surface area contributed by atoms with Gasteiger partial charge in [-0.25, -0.2) is 0 Å². The molecule has 1 aromatic carbocycles. The average Bonchev–Trinajstić information content (AvgIpc) is 2.65. The number of hydrogen-bond acceptors (Lipinski definition) is 2. The maximum atomic E-state index is 5.70. The van der Waals surface area contributed by atoms with E-state index < -0.39 is 0 Å². The maximum absolute atomic E-state index is 5.70. The summed E-state index contributed by atoms with van der Waals surface area (Å²) < 4.78 is 2.10. The lowest BCUT2D eigenvalue weighted by atomic mass is 10.0. The highest BCUT2D eigenvalue weighted by Gasteiger charge is 2.12. The van der Waals surface area contributed by atoms with Crippen molar-refractivity contribution in [2.75, 3.05) is 0 Å². The fourth-order valence-corrected chi connectivity index (χ4v) is 2.40. The molecule has 0 aliphatic rings. The zero-order valence-electron chi connectivity index (χ0n) is 11.4. The van der Waals surface area contributed by atoms with Crippen molar-refractivity contribution in [3.63, 3.8) is 0 Å². The lowest BCUT2D eigenvalue weighted by Gasteiger charge is -2.06. The van der Waals surface area contributed by atoms with Gasteiger partial charge in [-0.05, 0) is 37.5 Å². The van der Waals surface area contributed by atoms with Crippen molar-refractivity contribution in [2.45, 2.75) is 40.3 Å². The van der Waals surface area contributed by atoms with Gasteiger partial charge in [0.1, 0.15) is 0 Å². The summed E-state index contributed by atoms with van der Waals surface area (Å²) in [6.07, 6.45) is 1.10. The Morgan fingerprint density at radius 2 is 2.06 bits per heavy atom. The third-order valence-corrected chi connectivity index (χ3v) is 3.27. The first-order valence-electron chi connectivity index (χ1n) is 6.50. The van der Waals surface area contributed by atoms with E-state index in [-0.39, 0.29) is 0 Å². The summed E-state index contributed by atoms with van der Waals surface area (Å²) in [5, 5.41) is 4.62. The molecular weight excluding hydrogens is 222 g/mol. The quantitative estimate of drug-likeness (QED) is 0.897. The average molecular weight is 243 g/mol. The second-order valence-corrected chi connectivity index (χ2v) is 4.67. The van der Waals surface area contributed by atoms with Crippen LogP contribution in [0.5, 0.6) is 0 Å². The van der Waals surface area contributed by atoms with Crippen LogP contribution in [-0.4, -0.2) is 9.78 Å². The van der Waals surface area contributed by atoms with Crippen LogP contribution in [0.3, 0.4) is 0 Å². The highest BCUT2D eigenvalue weighted by molar-refractivity contribution is 5.69. The molecule has 0 fully saturated rings. The molecule has 18 heavy (non-hydrogen) atoms. The summed E-state index contributed by atoms with van der Waals surface area (Å²) in [6.45, 7) is 7.94. The molecule has 0 aliphatic heterocycles. The van der Waals surface area contributed by atoms with Crippen molar-refractivity contribution in [3.8, 4) is 11.1 Å². The largest absolute Gasteiger partial charge is 0.326 e. The van der Waals surface area contributed by atoms with Crippen LogP contribution in [0.15, 0.2) is 24.3 Å². The third kappa shape index (κ3) is 2.31. The first-order chi connectivity index (χ1) is 8.67. The van der Waals surface area contributed by atoms with Crippen LogP contribution in [0.2, 0.25) is 0 Å². The predicted octanol–water partition coefficient (Wildman–Crippen LogP) is 3.04. The van der Waals surface area contributed by atoms with E-state index in [1.54, 1.807) is 0 Å². The molecule has 0 saturated carbocycles. The number of nitrogens with two attached hydrogens (primary N) is 1. The van der Waals surface area contributed by atoms with Crippen molar-refractivity contribution in [2.24, 2.45) is 5.73 Å². The molecule has 0 unspecified atom stereocenters. The van der Waals surface area contributed by atoms with Crippen LogP contribution < -0.4 is 5.73 Å². The van der Waals surface area contributed by atoms with Crippen molar-refractivity contribution >= 4 is 0 Å². The number of aromatic nitrogens is 2. The predicted molar refractivity (Wildman–Crippen MR) is 75.3 cm³/mol. The number of benzene rings is 1. The molecule has 0 amide bonds. The Kier molecular flexibility index (Phi) is 3.82. The fourth-order valence-electron chi connectivity index (χ4n) is 2.40. The topological polar surface area (TPSA) is 43.8 Å². The second-order valence-electron chi connectivity index (χ2n) is 4.67. The Balaban J connectivity index is 2.49. The van der Waals surface area contributed by atoms with E-state index >= 15 is 0 Å². The van der Waals surface area contributed by atoms with E-state index in [1.165, 1.54) is 16.8 Å². The number of rotatable bonds is 4. The maximum Gasteiger partial charge on any atom is 0.0674 e. The molecule has 3 nitrogen and oxygen atoms in total. The van der Waals surface area contributed by atoms with Gasteiger partial charge in [-0.1, -0.05) is 25.1 Å². The minimum Gasteiger partial charge on any atom is -0.326 e. The van der Waals surface area contributed by atoms with E-state index in [0.717, 1.165) is 24.2 Å². The van der Waals surface area contributed by atoms with E-state index in [9.17, 15) is 0 Å². The zero-order valence-corrected chi connectivity index (χ0v) is 11.4. The summed E-state index contributed by atoms with van der Waals surface area (Å²) in [5.41, 5.74) is 11.7. The van der Waals surface area contributed by atoms with E-state index in [4.69, 9.17) is 5.73 Å². The Morgan fingerprint density at radius 3 is 2.72 bits per heavy atom. The molecule has 1 aromatic heterocycles. The SMILES string of the molecule is CCCn1nc(C)c(-c2cccc(CN)c2)c1C. The second kappa shape index (κ2) is 5.36. The van der Waals surface area contributed by atoms with E-state index in [1.807, 2.05) is 0 Å². The fraction of sp³-hybridized carbons (Fsp3) is 0.400. The monoisotopic (exact) mass is 243 g/mol. The molecule has 0 bridgehead atoms. The Morgan fingerprint density at radius 1 is 1.28 bits per heavy atom. The van der Waals surface area contributed by atoms with Gasteiger partial charge in [0, 0.05) is 24.3 Å². The van der Waals surface area contributed by atoms with Gasteiger partial charge in [-0.15, -0.1) is 0 Å². The molecule has 0 aliphatic carbocycles. The van der Waals surface area contributed by atoms with Gasteiger partial charge in [0.05, 0.1) is 5.69 Å². The summed E-state index contributed by atoms with van der Waals surface area (Å²) in [6, 6.07) is 8.41. The Bertz CT molecular complexity index is 541. The lowest BCUT2D eigenvalue weighted by Crippen LogP contribution is -2.01. The van der Waals surface area contributed by atoms with Crippen LogP contribution >= 0.6 is 0 Å². The molecule has 3 heteroatoms. The molecule has 1 heterocycles. The standard InChI is InChI=1S/C15H21N3/c1-4-8-18-12(3)15(11(2)17-18)14-7-5-6-13(9-14)10-16/h5-7,9H,4,8,10,16H2,1-3H3. The number of hydrogen-bond donors (Lipinski definition) is 1. The highest BCUT2D eigenvalue weighted by Crippen LogP contribution is 2.27. The number of aryl methyl sites for hydroxylation is 2. The molecule has 2 aromatic rings. The van der Waals surface area contributed by atoms with Gasteiger partial charge in [-0.3, -0.25) is 4.68 Å².